The molecule has 1 saturated heterocycles. The highest BCUT2D eigenvalue weighted by molar-refractivity contribution is 9.11. The van der Waals surface area contributed by atoms with E-state index >= 15 is 0 Å². The van der Waals surface area contributed by atoms with E-state index in [2.05, 4.69) is 26.3 Å². The van der Waals surface area contributed by atoms with Gasteiger partial charge in [0, 0.05) is 11.1 Å². The van der Waals surface area contributed by atoms with Gasteiger partial charge >= 0.3 is 11.7 Å². The smallest absolute Gasteiger partial charge is 0.319 e. The van der Waals surface area contributed by atoms with Gasteiger partial charge < -0.3 is 5.32 Å². The lowest BCUT2D eigenvalue weighted by atomic mass is 10.0. The number of hydrogen-bond donors (Lipinski definition) is 1. The number of carbonyl (C=O) groups excluding carboxylic acids is 2. The van der Waals surface area contributed by atoms with Gasteiger partial charge in [0.15, 0.2) is 11.2 Å². The Bertz CT molecular complexity index is 1090. The van der Waals surface area contributed by atoms with Crippen LogP contribution in [0.4, 0.5) is 4.79 Å². The number of fused-ring (bicyclic) bond motifs is 1. The number of halogens is 1. The van der Waals surface area contributed by atoms with E-state index in [1.54, 1.807) is 31.3 Å². The van der Waals surface area contributed by atoms with Crippen molar-refractivity contribution in [1.82, 2.24) is 24.4 Å². The minimum atomic E-state index is -1.10. The van der Waals surface area contributed by atoms with Crippen LogP contribution >= 0.6 is 27.3 Å². The lowest BCUT2D eigenvalue weighted by Crippen LogP contribution is -2.40. The van der Waals surface area contributed by atoms with Crippen molar-refractivity contribution in [1.29, 1.82) is 0 Å². The van der Waals surface area contributed by atoms with E-state index in [1.807, 2.05) is 12.1 Å². The average Bonchev–Trinajstić information content (AvgIpc) is 3.25. The molecule has 0 bridgehead atoms. The standard InChI is InChI=1S/C16H14BrN5O3S/c1-16(10-5-6-11(17)26-10)13(23)21(14(24)18-16)8-9-22-15(25)20-7-3-2-4-12(20)19-22/h2-7H,8-9H2,1H3,(H,18,24). The number of nitrogens with one attached hydrogen (secondary N) is 1. The Morgan fingerprint density at radius 1 is 1.19 bits per heavy atom. The van der Waals surface area contributed by atoms with Crippen molar-refractivity contribution in [2.75, 3.05) is 6.54 Å². The fourth-order valence-corrected chi connectivity index (χ4v) is 4.44. The molecule has 1 fully saturated rings. The summed E-state index contributed by atoms with van der Waals surface area (Å²) < 4.78 is 3.55. The maximum absolute atomic E-state index is 12.8. The molecular weight excluding hydrogens is 422 g/mol. The van der Waals surface area contributed by atoms with Crippen molar-refractivity contribution in [3.8, 4) is 0 Å². The molecule has 0 radical (unpaired) electrons. The van der Waals surface area contributed by atoms with Gasteiger partial charge in [-0.15, -0.1) is 16.4 Å². The molecule has 1 aliphatic heterocycles. The Morgan fingerprint density at radius 2 is 2.00 bits per heavy atom. The topological polar surface area (TPSA) is 88.7 Å². The third-order valence-corrected chi connectivity index (χ3v) is 6.21. The molecule has 10 heteroatoms. The molecule has 3 amide bonds. The van der Waals surface area contributed by atoms with E-state index < -0.39 is 11.6 Å². The maximum atomic E-state index is 12.8. The van der Waals surface area contributed by atoms with Gasteiger partial charge in [0.05, 0.1) is 16.9 Å². The van der Waals surface area contributed by atoms with Crippen LogP contribution in [-0.4, -0.2) is 37.6 Å². The van der Waals surface area contributed by atoms with Crippen molar-refractivity contribution < 1.29 is 9.59 Å². The van der Waals surface area contributed by atoms with E-state index in [-0.39, 0.29) is 24.7 Å². The number of imide groups is 1. The summed E-state index contributed by atoms with van der Waals surface area (Å²) in [4.78, 5) is 39.4. The van der Waals surface area contributed by atoms with Gasteiger partial charge in [-0.3, -0.25) is 14.1 Å². The molecule has 3 aromatic heterocycles. The number of rotatable bonds is 4. The molecule has 4 rings (SSSR count). The second kappa shape index (κ2) is 6.06. The number of amides is 3. The molecule has 8 nitrogen and oxygen atoms in total. The molecule has 4 heterocycles. The zero-order chi connectivity index (χ0) is 18.5. The number of thiophene rings is 1. The SMILES string of the molecule is CC1(c2ccc(Br)s2)NC(=O)N(CCn2nc3ccccn3c2=O)C1=O. The summed E-state index contributed by atoms with van der Waals surface area (Å²) in [6.45, 7) is 1.88. The van der Waals surface area contributed by atoms with Gasteiger partial charge in [-0.25, -0.2) is 14.3 Å². The first kappa shape index (κ1) is 17.0. The number of urea groups is 1. The summed E-state index contributed by atoms with van der Waals surface area (Å²) in [6, 6.07) is 8.42. The predicted molar refractivity (Wildman–Crippen MR) is 99.1 cm³/mol. The Kier molecular flexibility index (Phi) is 3.96. The fourth-order valence-electron chi connectivity index (χ4n) is 2.96. The van der Waals surface area contributed by atoms with Gasteiger partial charge in [-0.1, -0.05) is 6.07 Å². The van der Waals surface area contributed by atoms with Crippen LogP contribution < -0.4 is 11.0 Å². The third kappa shape index (κ3) is 2.56. The molecule has 0 spiro atoms. The highest BCUT2D eigenvalue weighted by Gasteiger charge is 2.49. The predicted octanol–water partition coefficient (Wildman–Crippen LogP) is 1.79. The van der Waals surface area contributed by atoms with Crippen LogP contribution in [0.15, 0.2) is 45.1 Å². The minimum Gasteiger partial charge on any atom is -0.319 e. The van der Waals surface area contributed by atoms with E-state index in [9.17, 15) is 14.4 Å². The monoisotopic (exact) mass is 435 g/mol. The zero-order valence-electron chi connectivity index (χ0n) is 13.7. The summed E-state index contributed by atoms with van der Waals surface area (Å²) in [5, 5.41) is 6.97. The first-order valence-electron chi connectivity index (χ1n) is 7.84. The van der Waals surface area contributed by atoms with E-state index in [1.165, 1.54) is 20.4 Å². The molecule has 134 valence electrons. The third-order valence-electron chi connectivity index (χ3n) is 4.36. The van der Waals surface area contributed by atoms with E-state index in [4.69, 9.17) is 0 Å². The summed E-state index contributed by atoms with van der Waals surface area (Å²) in [5.41, 5.74) is -0.891. The molecular formula is C16H14BrN5O3S. The second-order valence-electron chi connectivity index (χ2n) is 6.05. The first-order chi connectivity index (χ1) is 12.4. The maximum Gasteiger partial charge on any atom is 0.350 e. The Balaban J connectivity index is 1.56. The zero-order valence-corrected chi connectivity index (χ0v) is 16.1. The van der Waals surface area contributed by atoms with Gasteiger partial charge in [0.1, 0.15) is 0 Å². The van der Waals surface area contributed by atoms with Crippen molar-refractivity contribution in [3.63, 3.8) is 0 Å². The van der Waals surface area contributed by atoms with Crippen LogP contribution in [0.2, 0.25) is 0 Å². The van der Waals surface area contributed by atoms with Crippen LogP contribution in [0.1, 0.15) is 11.8 Å². The Labute approximate surface area is 160 Å². The summed E-state index contributed by atoms with van der Waals surface area (Å²) in [5.74, 6) is -0.339. The first-order valence-corrected chi connectivity index (χ1v) is 9.45. The van der Waals surface area contributed by atoms with Crippen molar-refractivity contribution >= 4 is 44.9 Å². The molecule has 1 unspecified atom stereocenters. The summed E-state index contributed by atoms with van der Waals surface area (Å²) >= 11 is 4.77. The number of pyridine rings is 1. The summed E-state index contributed by atoms with van der Waals surface area (Å²) in [6.07, 6.45) is 1.63. The normalized spacial score (nSPS) is 20.2. The number of nitrogens with zero attached hydrogens (tertiary/aromatic N) is 4. The van der Waals surface area contributed by atoms with Gasteiger partial charge in [0.25, 0.3) is 5.91 Å². The highest BCUT2D eigenvalue weighted by Crippen LogP contribution is 2.35. The summed E-state index contributed by atoms with van der Waals surface area (Å²) in [7, 11) is 0. The Morgan fingerprint density at radius 3 is 2.69 bits per heavy atom. The highest BCUT2D eigenvalue weighted by atomic mass is 79.9. The number of aromatic nitrogens is 3. The molecule has 1 N–H and O–H groups in total. The van der Waals surface area contributed by atoms with Crippen molar-refractivity contribution in [2.24, 2.45) is 0 Å². The van der Waals surface area contributed by atoms with Crippen molar-refractivity contribution in [2.45, 2.75) is 19.0 Å². The number of hydrogen-bond acceptors (Lipinski definition) is 5. The average molecular weight is 436 g/mol. The molecule has 26 heavy (non-hydrogen) atoms. The lowest BCUT2D eigenvalue weighted by molar-refractivity contribution is -0.131. The quantitative estimate of drug-likeness (QED) is 0.632. The van der Waals surface area contributed by atoms with Gasteiger partial charge in [-0.05, 0) is 47.1 Å². The fraction of sp³-hybridized carbons (Fsp3) is 0.250. The van der Waals surface area contributed by atoms with Crippen LogP contribution in [-0.2, 0) is 16.9 Å². The van der Waals surface area contributed by atoms with Crippen LogP contribution in [0.25, 0.3) is 5.65 Å². The molecule has 0 aliphatic carbocycles. The molecule has 3 aromatic rings. The van der Waals surface area contributed by atoms with Crippen LogP contribution in [0.5, 0.6) is 0 Å². The molecule has 1 atom stereocenters. The van der Waals surface area contributed by atoms with Crippen molar-refractivity contribution in [3.05, 3.63) is 55.7 Å². The number of carbonyl (C=O) groups is 2. The van der Waals surface area contributed by atoms with Crippen LogP contribution in [0, 0.1) is 0 Å². The molecule has 0 aromatic carbocycles. The molecule has 1 aliphatic rings. The second-order valence-corrected chi connectivity index (χ2v) is 8.51. The Hall–Kier alpha value is -2.46. The van der Waals surface area contributed by atoms with Crippen LogP contribution in [0.3, 0.4) is 0 Å². The van der Waals surface area contributed by atoms with E-state index in [0.717, 1.165) is 13.6 Å². The van der Waals surface area contributed by atoms with Gasteiger partial charge in [0.2, 0.25) is 0 Å². The van der Waals surface area contributed by atoms with Gasteiger partial charge in [-0.2, -0.15) is 0 Å². The minimum absolute atomic E-state index is 0.0661. The largest absolute Gasteiger partial charge is 0.350 e. The van der Waals surface area contributed by atoms with E-state index in [0.29, 0.717) is 5.65 Å². The molecule has 0 saturated carbocycles. The lowest BCUT2D eigenvalue weighted by Gasteiger charge is -2.20.